The van der Waals surface area contributed by atoms with E-state index in [0.29, 0.717) is 31.1 Å². The van der Waals surface area contributed by atoms with Crippen LogP contribution in [0.4, 0.5) is 0 Å². The number of carbonyl (C=O) groups is 2. The van der Waals surface area contributed by atoms with E-state index in [4.69, 9.17) is 14.0 Å². The molecule has 0 atom stereocenters. The van der Waals surface area contributed by atoms with Crippen molar-refractivity contribution in [3.8, 4) is 0 Å². The van der Waals surface area contributed by atoms with E-state index in [0.717, 1.165) is 0 Å². The van der Waals surface area contributed by atoms with E-state index in [9.17, 15) is 9.59 Å². The normalized spacial score (nSPS) is 10.4. The zero-order valence-corrected chi connectivity index (χ0v) is 12.7. The molecule has 0 saturated carbocycles. The summed E-state index contributed by atoms with van der Waals surface area (Å²) >= 11 is 0. The first-order valence-corrected chi connectivity index (χ1v) is 6.83. The third kappa shape index (κ3) is 5.57. The minimum atomic E-state index is -0.268. The second-order valence-corrected chi connectivity index (χ2v) is 4.38. The van der Waals surface area contributed by atoms with Crippen LogP contribution in [0.15, 0.2) is 16.7 Å². The lowest BCUT2D eigenvalue weighted by atomic mass is 10.2. The number of furan rings is 1. The highest BCUT2D eigenvalue weighted by molar-refractivity contribution is 5.95. The standard InChI is InChI=1S/C14H22N2O5/c1-4-21-15-13(17)5-7-16(8-10-19-3)14(18)12-6-9-20-11(12)2/h6,9H,4-5,7-8,10H2,1-3H3,(H,15,17). The average molecular weight is 298 g/mol. The highest BCUT2D eigenvalue weighted by Gasteiger charge is 2.20. The van der Waals surface area contributed by atoms with Gasteiger partial charge in [-0.05, 0) is 19.9 Å². The van der Waals surface area contributed by atoms with Crippen LogP contribution in [0.2, 0.25) is 0 Å². The van der Waals surface area contributed by atoms with Crippen LogP contribution in [-0.2, 0) is 14.4 Å². The van der Waals surface area contributed by atoms with Crippen LogP contribution in [0, 0.1) is 6.92 Å². The Labute approximate surface area is 124 Å². The van der Waals surface area contributed by atoms with Gasteiger partial charge in [-0.3, -0.25) is 14.4 Å². The van der Waals surface area contributed by atoms with E-state index in [1.165, 1.54) is 6.26 Å². The molecule has 1 N–H and O–H groups in total. The molecule has 0 aliphatic carbocycles. The topological polar surface area (TPSA) is 81.0 Å². The number of nitrogens with one attached hydrogen (secondary N) is 1. The maximum absolute atomic E-state index is 12.4. The van der Waals surface area contributed by atoms with E-state index in [-0.39, 0.29) is 24.8 Å². The Morgan fingerprint density at radius 3 is 2.71 bits per heavy atom. The molecule has 118 valence electrons. The Hall–Kier alpha value is -1.86. The van der Waals surface area contributed by atoms with E-state index in [1.54, 1.807) is 31.9 Å². The first kappa shape index (κ1) is 17.2. The fourth-order valence-electron chi connectivity index (χ4n) is 1.73. The van der Waals surface area contributed by atoms with Crippen molar-refractivity contribution in [3.63, 3.8) is 0 Å². The van der Waals surface area contributed by atoms with Gasteiger partial charge < -0.3 is 14.1 Å². The third-order valence-electron chi connectivity index (χ3n) is 2.88. The predicted octanol–water partition coefficient (Wildman–Crippen LogP) is 1.13. The van der Waals surface area contributed by atoms with Crippen LogP contribution in [0.3, 0.4) is 0 Å². The Bertz CT molecular complexity index is 458. The molecule has 0 unspecified atom stereocenters. The second kappa shape index (κ2) is 9.15. The first-order chi connectivity index (χ1) is 10.1. The van der Waals surface area contributed by atoms with E-state index < -0.39 is 0 Å². The zero-order chi connectivity index (χ0) is 15.7. The first-order valence-electron chi connectivity index (χ1n) is 6.83. The molecule has 7 nitrogen and oxygen atoms in total. The van der Waals surface area contributed by atoms with Crippen LogP contribution in [0.5, 0.6) is 0 Å². The SMILES string of the molecule is CCONC(=O)CCN(CCOC)C(=O)c1ccoc1C. The Morgan fingerprint density at radius 1 is 1.38 bits per heavy atom. The molecule has 1 aromatic heterocycles. The number of nitrogens with zero attached hydrogens (tertiary/aromatic N) is 1. The van der Waals surface area contributed by atoms with Gasteiger partial charge in [-0.1, -0.05) is 0 Å². The number of amides is 2. The van der Waals surface area contributed by atoms with Gasteiger partial charge in [-0.15, -0.1) is 0 Å². The summed E-state index contributed by atoms with van der Waals surface area (Å²) in [4.78, 5) is 30.3. The molecule has 1 heterocycles. The van der Waals surface area contributed by atoms with Crippen LogP contribution in [0.25, 0.3) is 0 Å². The average Bonchev–Trinajstić information content (AvgIpc) is 2.90. The minimum Gasteiger partial charge on any atom is -0.469 e. The van der Waals surface area contributed by atoms with Crippen LogP contribution >= 0.6 is 0 Å². The molecule has 0 aliphatic heterocycles. The zero-order valence-electron chi connectivity index (χ0n) is 12.7. The van der Waals surface area contributed by atoms with Crippen molar-refractivity contribution in [1.82, 2.24) is 10.4 Å². The number of methoxy groups -OCH3 is 1. The summed E-state index contributed by atoms with van der Waals surface area (Å²) in [6.45, 7) is 4.98. The van der Waals surface area contributed by atoms with Crippen molar-refractivity contribution < 1.29 is 23.6 Å². The Kier molecular flexibility index (Phi) is 7.49. The third-order valence-corrected chi connectivity index (χ3v) is 2.88. The molecule has 0 aliphatic rings. The fourth-order valence-corrected chi connectivity index (χ4v) is 1.73. The molecular weight excluding hydrogens is 276 g/mol. The lowest BCUT2D eigenvalue weighted by Crippen LogP contribution is -2.37. The molecular formula is C14H22N2O5. The molecule has 0 aromatic carbocycles. The molecule has 0 fully saturated rings. The lowest BCUT2D eigenvalue weighted by Gasteiger charge is -2.21. The van der Waals surface area contributed by atoms with Gasteiger partial charge in [0.1, 0.15) is 5.76 Å². The van der Waals surface area contributed by atoms with Gasteiger partial charge in [0.15, 0.2) is 0 Å². The molecule has 1 rings (SSSR count). The van der Waals surface area contributed by atoms with Gasteiger partial charge in [-0.25, -0.2) is 5.48 Å². The summed E-state index contributed by atoms with van der Waals surface area (Å²) in [5.74, 6) is 0.111. The van der Waals surface area contributed by atoms with Gasteiger partial charge in [0.2, 0.25) is 5.91 Å². The number of rotatable bonds is 9. The quantitative estimate of drug-likeness (QED) is 0.691. The number of ether oxygens (including phenoxy) is 1. The smallest absolute Gasteiger partial charge is 0.257 e. The number of aryl methyl sites for hydroxylation is 1. The van der Waals surface area contributed by atoms with Gasteiger partial charge in [0.05, 0.1) is 25.0 Å². The molecule has 0 saturated heterocycles. The van der Waals surface area contributed by atoms with Crippen molar-refractivity contribution in [2.75, 3.05) is 33.4 Å². The molecule has 1 aromatic rings. The summed E-state index contributed by atoms with van der Waals surface area (Å²) < 4.78 is 10.1. The number of hydrogen-bond acceptors (Lipinski definition) is 5. The highest BCUT2D eigenvalue weighted by Crippen LogP contribution is 2.12. The maximum atomic E-state index is 12.4. The van der Waals surface area contributed by atoms with E-state index in [1.807, 2.05) is 0 Å². The highest BCUT2D eigenvalue weighted by atomic mass is 16.6. The number of hydroxylamine groups is 1. The van der Waals surface area contributed by atoms with E-state index in [2.05, 4.69) is 5.48 Å². The van der Waals surface area contributed by atoms with Crippen molar-refractivity contribution in [1.29, 1.82) is 0 Å². The van der Waals surface area contributed by atoms with Crippen LogP contribution in [-0.4, -0.2) is 50.1 Å². The van der Waals surface area contributed by atoms with Crippen molar-refractivity contribution in [3.05, 3.63) is 23.7 Å². The Morgan fingerprint density at radius 2 is 2.14 bits per heavy atom. The van der Waals surface area contributed by atoms with E-state index >= 15 is 0 Å². The molecule has 0 bridgehead atoms. The van der Waals surface area contributed by atoms with Crippen LogP contribution in [0.1, 0.15) is 29.5 Å². The summed E-state index contributed by atoms with van der Waals surface area (Å²) in [6.07, 6.45) is 1.63. The largest absolute Gasteiger partial charge is 0.469 e. The monoisotopic (exact) mass is 298 g/mol. The summed E-state index contributed by atoms with van der Waals surface area (Å²) in [7, 11) is 1.56. The maximum Gasteiger partial charge on any atom is 0.257 e. The fraction of sp³-hybridized carbons (Fsp3) is 0.571. The van der Waals surface area contributed by atoms with Gasteiger partial charge in [0, 0.05) is 26.6 Å². The molecule has 7 heteroatoms. The molecule has 21 heavy (non-hydrogen) atoms. The van der Waals surface area contributed by atoms with Crippen molar-refractivity contribution >= 4 is 11.8 Å². The number of hydrogen-bond donors (Lipinski definition) is 1. The van der Waals surface area contributed by atoms with Crippen molar-refractivity contribution in [2.45, 2.75) is 20.3 Å². The second-order valence-electron chi connectivity index (χ2n) is 4.38. The molecule has 2 amide bonds. The van der Waals surface area contributed by atoms with Crippen LogP contribution < -0.4 is 5.48 Å². The predicted molar refractivity (Wildman–Crippen MR) is 75.6 cm³/mol. The minimum absolute atomic E-state index is 0.159. The number of carbonyl (C=O) groups excluding carboxylic acids is 2. The van der Waals surface area contributed by atoms with Gasteiger partial charge in [0.25, 0.3) is 5.91 Å². The van der Waals surface area contributed by atoms with Gasteiger partial charge in [-0.2, -0.15) is 0 Å². The lowest BCUT2D eigenvalue weighted by molar-refractivity contribution is -0.133. The Balaban J connectivity index is 2.61. The van der Waals surface area contributed by atoms with Gasteiger partial charge >= 0.3 is 0 Å². The molecule has 0 radical (unpaired) electrons. The van der Waals surface area contributed by atoms with Crippen molar-refractivity contribution in [2.24, 2.45) is 0 Å². The molecule has 0 spiro atoms. The summed E-state index contributed by atoms with van der Waals surface area (Å²) in [6, 6.07) is 1.62. The summed E-state index contributed by atoms with van der Waals surface area (Å²) in [5.41, 5.74) is 2.80. The summed E-state index contributed by atoms with van der Waals surface area (Å²) in [5, 5.41) is 0.